The average molecular weight is 221 g/mol. The van der Waals surface area contributed by atoms with Gasteiger partial charge in [-0.2, -0.15) is 5.26 Å². The summed E-state index contributed by atoms with van der Waals surface area (Å²) in [6.07, 6.45) is 1.42. The molecular weight excluding hydrogens is 206 g/mol. The predicted molar refractivity (Wildman–Crippen MR) is 57.6 cm³/mol. The van der Waals surface area contributed by atoms with Crippen molar-refractivity contribution in [2.45, 2.75) is 39.2 Å². The number of nitrogens with zero attached hydrogens (tertiary/aromatic N) is 2. The second-order valence-corrected chi connectivity index (χ2v) is 3.97. The van der Waals surface area contributed by atoms with E-state index in [4.69, 9.17) is 9.78 Å². The van der Waals surface area contributed by atoms with E-state index in [9.17, 15) is 4.79 Å². The third-order valence-corrected chi connectivity index (χ3v) is 2.25. The van der Waals surface area contributed by atoms with Crippen LogP contribution < -0.4 is 5.32 Å². The van der Waals surface area contributed by atoms with E-state index >= 15 is 0 Å². The molecule has 16 heavy (non-hydrogen) atoms. The molecule has 0 radical (unpaired) electrons. The van der Waals surface area contributed by atoms with Crippen LogP contribution in [0.4, 0.5) is 0 Å². The van der Waals surface area contributed by atoms with Gasteiger partial charge >= 0.3 is 0 Å². The second kappa shape index (κ2) is 4.79. The Morgan fingerprint density at radius 3 is 2.88 bits per heavy atom. The van der Waals surface area contributed by atoms with Crippen LogP contribution in [0.5, 0.6) is 0 Å². The normalized spacial score (nSPS) is 13.9. The molecule has 0 aliphatic carbocycles. The van der Waals surface area contributed by atoms with Crippen molar-refractivity contribution in [2.75, 3.05) is 0 Å². The number of rotatable bonds is 4. The summed E-state index contributed by atoms with van der Waals surface area (Å²) >= 11 is 0. The first-order valence-corrected chi connectivity index (χ1v) is 5.18. The first-order chi connectivity index (χ1) is 7.50. The fraction of sp³-hybridized carbons (Fsp3) is 0.545. The zero-order chi connectivity index (χ0) is 12.2. The largest absolute Gasteiger partial charge is 0.361 e. The van der Waals surface area contributed by atoms with Gasteiger partial charge in [-0.3, -0.25) is 4.79 Å². The highest BCUT2D eigenvalue weighted by atomic mass is 16.5. The summed E-state index contributed by atoms with van der Waals surface area (Å²) in [7, 11) is 0. The Morgan fingerprint density at radius 1 is 1.75 bits per heavy atom. The molecule has 1 N–H and O–H groups in total. The molecule has 1 atom stereocenters. The van der Waals surface area contributed by atoms with Gasteiger partial charge in [-0.15, -0.1) is 0 Å². The molecule has 1 aromatic rings. The van der Waals surface area contributed by atoms with E-state index in [0.717, 1.165) is 6.42 Å². The Balaban J connectivity index is 2.74. The number of nitriles is 1. The van der Waals surface area contributed by atoms with E-state index in [1.165, 1.54) is 0 Å². The number of amides is 1. The SMILES string of the molecule is CCC[C@@](C)(C#N)NC(=O)c1cc(C)on1. The fourth-order valence-electron chi connectivity index (χ4n) is 1.43. The van der Waals surface area contributed by atoms with Crippen LogP contribution in [0.2, 0.25) is 0 Å². The molecule has 0 unspecified atom stereocenters. The van der Waals surface area contributed by atoms with Gasteiger partial charge in [-0.05, 0) is 20.3 Å². The van der Waals surface area contributed by atoms with Crippen LogP contribution in [0.1, 0.15) is 42.9 Å². The van der Waals surface area contributed by atoms with Gasteiger partial charge in [0.25, 0.3) is 5.91 Å². The van der Waals surface area contributed by atoms with Crippen molar-refractivity contribution in [3.8, 4) is 6.07 Å². The van der Waals surface area contributed by atoms with E-state index in [-0.39, 0.29) is 11.6 Å². The molecule has 0 saturated heterocycles. The zero-order valence-corrected chi connectivity index (χ0v) is 9.70. The Hall–Kier alpha value is -1.83. The molecule has 1 aromatic heterocycles. The number of hydrogen-bond acceptors (Lipinski definition) is 4. The van der Waals surface area contributed by atoms with Crippen LogP contribution in [0, 0.1) is 18.3 Å². The van der Waals surface area contributed by atoms with Gasteiger partial charge in [-0.25, -0.2) is 0 Å². The quantitative estimate of drug-likeness (QED) is 0.840. The van der Waals surface area contributed by atoms with Gasteiger partial charge in [0, 0.05) is 6.07 Å². The average Bonchev–Trinajstić information content (AvgIpc) is 2.65. The number of nitrogens with one attached hydrogen (secondary N) is 1. The molecule has 86 valence electrons. The molecule has 0 spiro atoms. The summed E-state index contributed by atoms with van der Waals surface area (Å²) in [5, 5.41) is 15.3. The smallest absolute Gasteiger partial charge is 0.274 e. The molecule has 0 fully saturated rings. The summed E-state index contributed by atoms with van der Waals surface area (Å²) in [4.78, 5) is 11.7. The number of carbonyl (C=O) groups excluding carboxylic acids is 1. The van der Waals surface area contributed by atoms with Gasteiger partial charge in [0.2, 0.25) is 0 Å². The van der Waals surface area contributed by atoms with E-state index in [0.29, 0.717) is 12.2 Å². The van der Waals surface area contributed by atoms with Crippen molar-refractivity contribution in [1.29, 1.82) is 5.26 Å². The van der Waals surface area contributed by atoms with Crippen LogP contribution in [-0.4, -0.2) is 16.6 Å². The lowest BCUT2D eigenvalue weighted by Crippen LogP contribution is -2.44. The molecule has 5 heteroatoms. The minimum atomic E-state index is -0.849. The highest BCUT2D eigenvalue weighted by molar-refractivity contribution is 5.92. The highest BCUT2D eigenvalue weighted by Crippen LogP contribution is 2.12. The van der Waals surface area contributed by atoms with Crippen LogP contribution >= 0.6 is 0 Å². The maximum Gasteiger partial charge on any atom is 0.274 e. The van der Waals surface area contributed by atoms with Gasteiger partial charge in [-0.1, -0.05) is 18.5 Å². The van der Waals surface area contributed by atoms with Crippen molar-refractivity contribution in [1.82, 2.24) is 10.5 Å². The van der Waals surface area contributed by atoms with E-state index < -0.39 is 5.54 Å². The Morgan fingerprint density at radius 2 is 2.44 bits per heavy atom. The first kappa shape index (κ1) is 12.2. The minimum absolute atomic E-state index is 0.204. The molecule has 0 saturated carbocycles. The fourth-order valence-corrected chi connectivity index (χ4v) is 1.43. The van der Waals surface area contributed by atoms with Gasteiger partial charge in [0.05, 0.1) is 6.07 Å². The van der Waals surface area contributed by atoms with Crippen LogP contribution in [0.15, 0.2) is 10.6 Å². The topological polar surface area (TPSA) is 78.9 Å². The van der Waals surface area contributed by atoms with Crippen molar-refractivity contribution in [2.24, 2.45) is 0 Å². The van der Waals surface area contributed by atoms with Crippen molar-refractivity contribution >= 4 is 5.91 Å². The van der Waals surface area contributed by atoms with Crippen molar-refractivity contribution in [3.63, 3.8) is 0 Å². The van der Waals surface area contributed by atoms with E-state index in [1.54, 1.807) is 19.9 Å². The van der Waals surface area contributed by atoms with Crippen LogP contribution in [-0.2, 0) is 0 Å². The summed E-state index contributed by atoms with van der Waals surface area (Å²) in [5.41, 5.74) is -0.645. The Labute approximate surface area is 94.4 Å². The van der Waals surface area contributed by atoms with Gasteiger partial charge in [0.15, 0.2) is 5.69 Å². The molecule has 0 aromatic carbocycles. The lowest BCUT2D eigenvalue weighted by atomic mass is 9.98. The summed E-state index contributed by atoms with van der Waals surface area (Å²) in [6, 6.07) is 3.64. The van der Waals surface area contributed by atoms with Crippen molar-refractivity contribution in [3.05, 3.63) is 17.5 Å². The lowest BCUT2D eigenvalue weighted by Gasteiger charge is -2.21. The molecule has 0 bridgehead atoms. The van der Waals surface area contributed by atoms with Crippen LogP contribution in [0.25, 0.3) is 0 Å². The molecular formula is C11H15N3O2. The number of aryl methyl sites for hydroxylation is 1. The van der Waals surface area contributed by atoms with E-state index in [2.05, 4.69) is 16.5 Å². The molecule has 1 rings (SSSR count). The maximum atomic E-state index is 11.7. The molecule has 5 nitrogen and oxygen atoms in total. The summed E-state index contributed by atoms with van der Waals surface area (Å²) < 4.78 is 4.80. The van der Waals surface area contributed by atoms with Crippen molar-refractivity contribution < 1.29 is 9.32 Å². The number of carbonyl (C=O) groups is 1. The standard InChI is InChI=1S/C11H15N3O2/c1-4-5-11(3,7-12)13-10(15)9-6-8(2)16-14-9/h6H,4-5H2,1-3H3,(H,13,15)/t11-/m0/s1. The van der Waals surface area contributed by atoms with Crippen LogP contribution in [0.3, 0.4) is 0 Å². The number of aromatic nitrogens is 1. The van der Waals surface area contributed by atoms with Gasteiger partial charge < -0.3 is 9.84 Å². The third-order valence-electron chi connectivity index (χ3n) is 2.25. The highest BCUT2D eigenvalue weighted by Gasteiger charge is 2.26. The predicted octanol–water partition coefficient (Wildman–Crippen LogP) is 1.80. The second-order valence-electron chi connectivity index (χ2n) is 3.97. The monoisotopic (exact) mass is 221 g/mol. The van der Waals surface area contributed by atoms with Gasteiger partial charge in [0.1, 0.15) is 11.3 Å². The Kier molecular flexibility index (Phi) is 3.67. The third kappa shape index (κ3) is 2.83. The molecule has 0 aliphatic heterocycles. The molecule has 1 heterocycles. The lowest BCUT2D eigenvalue weighted by molar-refractivity contribution is 0.0912. The minimum Gasteiger partial charge on any atom is -0.361 e. The summed E-state index contributed by atoms with van der Waals surface area (Å²) in [5.74, 6) is 0.189. The maximum absolute atomic E-state index is 11.7. The first-order valence-electron chi connectivity index (χ1n) is 5.18. The summed E-state index contributed by atoms with van der Waals surface area (Å²) in [6.45, 7) is 5.36. The molecule has 1 amide bonds. The van der Waals surface area contributed by atoms with E-state index in [1.807, 2.05) is 6.92 Å². The Bertz CT molecular complexity index is 419. The molecule has 0 aliphatic rings. The number of hydrogen-bond donors (Lipinski definition) is 1. The zero-order valence-electron chi connectivity index (χ0n) is 9.70.